The lowest BCUT2D eigenvalue weighted by molar-refractivity contribution is 0.358. The van der Waals surface area contributed by atoms with Crippen molar-refractivity contribution in [3.8, 4) is 0 Å². The summed E-state index contributed by atoms with van der Waals surface area (Å²) in [5.41, 5.74) is 0. The predicted octanol–water partition coefficient (Wildman–Crippen LogP) is 4.62. The summed E-state index contributed by atoms with van der Waals surface area (Å²) in [6.07, 6.45) is 14.4. The smallest absolute Gasteiger partial charge is 0.264 e. The minimum Gasteiger partial charge on any atom is -0.265 e. The zero-order valence-electron chi connectivity index (χ0n) is 15.2. The average molecular weight is 540 g/mol. The lowest BCUT2D eigenvalue weighted by Gasteiger charge is -2.02. The molecule has 26 heavy (non-hydrogen) atoms. The standard InChI is InChI=1S/C16H28Br2O6S2/c1-25(19,20)23-13-15(17)11-9-7-5-3-4-6-8-10-12-16(18)14-24-26(2,21)22/h11-12H,3-10,13-14H2,1-2H3/b15-11-,16-12-. The largest absolute Gasteiger partial charge is 0.265 e. The molecule has 0 atom stereocenters. The van der Waals surface area contributed by atoms with Crippen LogP contribution >= 0.6 is 31.9 Å². The van der Waals surface area contributed by atoms with E-state index < -0.39 is 20.2 Å². The summed E-state index contributed by atoms with van der Waals surface area (Å²) in [6, 6.07) is 0. The third-order valence-electron chi connectivity index (χ3n) is 3.21. The van der Waals surface area contributed by atoms with Crippen LogP contribution in [0, 0.1) is 0 Å². The number of hydrogen-bond acceptors (Lipinski definition) is 6. The van der Waals surface area contributed by atoms with Gasteiger partial charge in [-0.25, -0.2) is 0 Å². The van der Waals surface area contributed by atoms with Gasteiger partial charge in [0.15, 0.2) is 0 Å². The lowest BCUT2D eigenvalue weighted by atomic mass is 10.1. The fourth-order valence-corrected chi connectivity index (χ4v) is 3.63. The van der Waals surface area contributed by atoms with E-state index in [4.69, 9.17) is 0 Å². The average Bonchev–Trinajstić information content (AvgIpc) is 2.51. The first-order valence-electron chi connectivity index (χ1n) is 8.37. The maximum atomic E-state index is 10.9. The Hall–Kier alpha value is 0.260. The number of allylic oxidation sites excluding steroid dienone is 2. The van der Waals surface area contributed by atoms with Gasteiger partial charge in [0.1, 0.15) is 0 Å². The van der Waals surface area contributed by atoms with E-state index in [1.165, 1.54) is 0 Å². The van der Waals surface area contributed by atoms with E-state index in [0.717, 1.165) is 72.8 Å². The Morgan fingerprint density at radius 1 is 0.692 bits per heavy atom. The zero-order valence-corrected chi connectivity index (χ0v) is 20.1. The molecule has 0 N–H and O–H groups in total. The molecular formula is C16H28Br2O6S2. The number of unbranched alkanes of at least 4 members (excludes halogenated alkanes) is 7. The van der Waals surface area contributed by atoms with Crippen LogP contribution in [0.5, 0.6) is 0 Å². The Kier molecular flexibility index (Phi) is 14.4. The molecule has 6 nitrogen and oxygen atoms in total. The Balaban J connectivity index is 3.59. The highest BCUT2D eigenvalue weighted by molar-refractivity contribution is 9.12. The van der Waals surface area contributed by atoms with Crippen LogP contribution in [0.1, 0.15) is 51.4 Å². The van der Waals surface area contributed by atoms with Crippen LogP contribution in [0.15, 0.2) is 21.1 Å². The van der Waals surface area contributed by atoms with Crippen molar-refractivity contribution in [2.45, 2.75) is 51.4 Å². The first kappa shape index (κ1) is 26.3. The van der Waals surface area contributed by atoms with Crippen LogP contribution in [-0.2, 0) is 28.6 Å². The molecular weight excluding hydrogens is 512 g/mol. The molecule has 0 saturated heterocycles. The molecule has 154 valence electrons. The van der Waals surface area contributed by atoms with Crippen molar-refractivity contribution >= 4 is 52.1 Å². The quantitative estimate of drug-likeness (QED) is 0.223. The topological polar surface area (TPSA) is 86.7 Å². The summed E-state index contributed by atoms with van der Waals surface area (Å²) >= 11 is 6.59. The summed E-state index contributed by atoms with van der Waals surface area (Å²) < 4.78 is 54.3. The minimum absolute atomic E-state index is 0.0527. The Morgan fingerprint density at radius 2 is 1.00 bits per heavy atom. The van der Waals surface area contributed by atoms with Crippen molar-refractivity contribution in [2.24, 2.45) is 0 Å². The van der Waals surface area contributed by atoms with E-state index in [1.54, 1.807) is 0 Å². The summed E-state index contributed by atoms with van der Waals surface area (Å²) in [5, 5.41) is 0. The maximum absolute atomic E-state index is 10.9. The third-order valence-corrected chi connectivity index (χ3v) is 5.41. The van der Waals surface area contributed by atoms with Crippen molar-refractivity contribution in [2.75, 3.05) is 25.7 Å². The second-order valence-corrected chi connectivity index (χ2v) is 11.3. The Bertz CT molecular complexity index is 596. The SMILES string of the molecule is CS(=O)(=O)OC/C(Br)=C/CCCCCCCC/C=C(\Br)COS(C)(=O)=O. The molecule has 0 aromatic carbocycles. The van der Waals surface area contributed by atoms with E-state index in [2.05, 4.69) is 40.2 Å². The van der Waals surface area contributed by atoms with Gasteiger partial charge >= 0.3 is 0 Å². The van der Waals surface area contributed by atoms with E-state index in [1.807, 2.05) is 12.2 Å². The molecule has 0 aromatic heterocycles. The molecule has 0 amide bonds. The highest BCUT2D eigenvalue weighted by Gasteiger charge is 2.03. The monoisotopic (exact) mass is 538 g/mol. The Labute approximate surface area is 174 Å². The van der Waals surface area contributed by atoms with E-state index >= 15 is 0 Å². The van der Waals surface area contributed by atoms with E-state index in [0.29, 0.717) is 0 Å². The number of halogens is 2. The summed E-state index contributed by atoms with van der Waals surface area (Å²) in [7, 11) is -6.79. The molecule has 0 aliphatic carbocycles. The second kappa shape index (κ2) is 14.3. The molecule has 0 rings (SSSR count). The van der Waals surface area contributed by atoms with Gasteiger partial charge in [-0.1, -0.05) is 69.7 Å². The molecule has 0 aliphatic heterocycles. The first-order chi connectivity index (χ1) is 12.0. The normalized spacial score (nSPS) is 14.0. The van der Waals surface area contributed by atoms with E-state index in [-0.39, 0.29) is 13.2 Å². The molecule has 0 spiro atoms. The van der Waals surface area contributed by atoms with Gasteiger partial charge in [0.05, 0.1) is 25.7 Å². The van der Waals surface area contributed by atoms with Gasteiger partial charge in [0, 0.05) is 8.96 Å². The van der Waals surface area contributed by atoms with Crippen LogP contribution in [-0.4, -0.2) is 42.6 Å². The van der Waals surface area contributed by atoms with Crippen molar-refractivity contribution in [1.82, 2.24) is 0 Å². The van der Waals surface area contributed by atoms with Gasteiger partial charge in [-0.2, -0.15) is 16.8 Å². The summed E-state index contributed by atoms with van der Waals surface area (Å²) in [6.45, 7) is 0.105. The molecule has 0 aromatic rings. The zero-order chi connectivity index (χ0) is 20.1. The number of rotatable bonds is 15. The van der Waals surface area contributed by atoms with E-state index in [9.17, 15) is 16.8 Å². The molecule has 0 heterocycles. The number of hydrogen-bond donors (Lipinski definition) is 0. The third kappa shape index (κ3) is 20.6. The first-order valence-corrected chi connectivity index (χ1v) is 13.6. The highest BCUT2D eigenvalue weighted by atomic mass is 79.9. The van der Waals surface area contributed by atoms with Crippen LogP contribution in [0.2, 0.25) is 0 Å². The molecule has 0 radical (unpaired) electrons. The maximum Gasteiger partial charge on any atom is 0.264 e. The fraction of sp³-hybridized carbons (Fsp3) is 0.750. The molecule has 0 aliphatic rings. The lowest BCUT2D eigenvalue weighted by Crippen LogP contribution is -2.03. The highest BCUT2D eigenvalue weighted by Crippen LogP contribution is 2.14. The van der Waals surface area contributed by atoms with Crippen LogP contribution in [0.3, 0.4) is 0 Å². The molecule has 0 bridgehead atoms. The van der Waals surface area contributed by atoms with Gasteiger partial charge in [0.2, 0.25) is 0 Å². The van der Waals surface area contributed by atoms with Gasteiger partial charge < -0.3 is 0 Å². The van der Waals surface area contributed by atoms with Crippen LogP contribution in [0.4, 0.5) is 0 Å². The van der Waals surface area contributed by atoms with Crippen molar-refractivity contribution in [1.29, 1.82) is 0 Å². The molecule has 0 unspecified atom stereocenters. The van der Waals surface area contributed by atoms with Crippen molar-refractivity contribution in [3.05, 3.63) is 21.1 Å². The molecule has 0 fully saturated rings. The van der Waals surface area contributed by atoms with Gasteiger partial charge in [-0.05, 0) is 25.7 Å². The predicted molar refractivity (Wildman–Crippen MR) is 113 cm³/mol. The van der Waals surface area contributed by atoms with Gasteiger partial charge in [0.25, 0.3) is 20.2 Å². The van der Waals surface area contributed by atoms with Gasteiger partial charge in [-0.15, -0.1) is 0 Å². The van der Waals surface area contributed by atoms with Gasteiger partial charge in [-0.3, -0.25) is 8.37 Å². The molecule has 0 saturated carbocycles. The fourth-order valence-electron chi connectivity index (χ4n) is 1.96. The Morgan fingerprint density at radius 3 is 1.31 bits per heavy atom. The molecule has 10 heteroatoms. The van der Waals surface area contributed by atoms with Crippen molar-refractivity contribution in [3.63, 3.8) is 0 Å². The van der Waals surface area contributed by atoms with Crippen LogP contribution in [0.25, 0.3) is 0 Å². The minimum atomic E-state index is -3.40. The summed E-state index contributed by atoms with van der Waals surface area (Å²) in [4.78, 5) is 0. The second-order valence-electron chi connectivity index (χ2n) is 5.93. The van der Waals surface area contributed by atoms with Crippen molar-refractivity contribution < 1.29 is 25.2 Å². The summed E-state index contributed by atoms with van der Waals surface area (Å²) in [5.74, 6) is 0. The van der Waals surface area contributed by atoms with Crippen LogP contribution < -0.4 is 0 Å².